The molecule has 0 heterocycles. The summed E-state index contributed by atoms with van der Waals surface area (Å²) in [4.78, 5) is 11.4. The van der Waals surface area contributed by atoms with Gasteiger partial charge in [-0.05, 0) is 42.3 Å². The van der Waals surface area contributed by atoms with Crippen LogP contribution in [-0.2, 0) is 11.2 Å². The van der Waals surface area contributed by atoms with E-state index in [1.54, 1.807) is 31.2 Å². The molecule has 0 radical (unpaired) electrons. The van der Waals surface area contributed by atoms with Gasteiger partial charge in [0.25, 0.3) is 0 Å². The molecule has 0 saturated carbocycles. The van der Waals surface area contributed by atoms with E-state index in [-0.39, 0.29) is 6.42 Å². The van der Waals surface area contributed by atoms with Crippen LogP contribution < -0.4 is 4.74 Å². The topological polar surface area (TPSA) is 79.1 Å². The van der Waals surface area contributed by atoms with E-state index in [1.165, 1.54) is 0 Å². The molecule has 2 rings (SSSR count). The molecule has 0 fully saturated rings. The summed E-state index contributed by atoms with van der Waals surface area (Å²) in [5.74, 6) is -0.557. The lowest BCUT2D eigenvalue weighted by Gasteiger charge is -2.15. The normalized spacial score (nSPS) is 12.7. The van der Waals surface area contributed by atoms with Crippen molar-refractivity contribution in [1.29, 1.82) is 0 Å². The molecule has 1 atom stereocenters. The van der Waals surface area contributed by atoms with Crippen LogP contribution in [0.4, 0.5) is 0 Å². The first-order valence-corrected chi connectivity index (χ1v) is 6.82. The number of carboxylic acid groups (broad SMARTS) is 1. The Morgan fingerprint density at radius 2 is 1.77 bits per heavy atom. The third-order valence-electron chi connectivity index (χ3n) is 3.24. The molecule has 2 aromatic carbocycles. The van der Waals surface area contributed by atoms with Gasteiger partial charge in [0, 0.05) is 6.42 Å². The maximum Gasteiger partial charge on any atom is 0.345 e. The van der Waals surface area contributed by atoms with Crippen molar-refractivity contribution in [3.05, 3.63) is 65.7 Å². The lowest BCUT2D eigenvalue weighted by Crippen LogP contribution is -2.29. The molecule has 0 aromatic heterocycles. The lowest BCUT2D eigenvalue weighted by molar-refractivity contribution is -0.145. The molecule has 0 bridgehead atoms. The average molecular weight is 299 g/mol. The van der Waals surface area contributed by atoms with Crippen molar-refractivity contribution in [2.75, 3.05) is 0 Å². The Labute approximate surface area is 128 Å². The molecule has 0 aliphatic carbocycles. The van der Waals surface area contributed by atoms with Crippen LogP contribution in [0.15, 0.2) is 59.8 Å². The van der Waals surface area contributed by atoms with E-state index < -0.39 is 12.1 Å². The molecule has 5 nitrogen and oxygen atoms in total. The Morgan fingerprint density at radius 3 is 2.32 bits per heavy atom. The minimum atomic E-state index is -1.01. The second-order valence-corrected chi connectivity index (χ2v) is 4.84. The highest BCUT2D eigenvalue weighted by Crippen LogP contribution is 2.16. The second-order valence-electron chi connectivity index (χ2n) is 4.84. The van der Waals surface area contributed by atoms with E-state index in [4.69, 9.17) is 9.94 Å². The highest BCUT2D eigenvalue weighted by Gasteiger charge is 2.20. The van der Waals surface area contributed by atoms with E-state index in [1.807, 2.05) is 30.3 Å². The van der Waals surface area contributed by atoms with Gasteiger partial charge >= 0.3 is 5.97 Å². The van der Waals surface area contributed by atoms with Gasteiger partial charge in [0.15, 0.2) is 6.10 Å². The van der Waals surface area contributed by atoms with Crippen molar-refractivity contribution in [2.24, 2.45) is 5.16 Å². The van der Waals surface area contributed by atoms with Crippen molar-refractivity contribution in [1.82, 2.24) is 0 Å². The first kappa shape index (κ1) is 15.6. The summed E-state index contributed by atoms with van der Waals surface area (Å²) in [5, 5.41) is 21.1. The molecule has 1 unspecified atom stereocenters. The molecule has 5 heteroatoms. The molecule has 2 N–H and O–H groups in total. The lowest BCUT2D eigenvalue weighted by atomic mass is 10.1. The van der Waals surface area contributed by atoms with Crippen molar-refractivity contribution in [2.45, 2.75) is 19.4 Å². The zero-order valence-corrected chi connectivity index (χ0v) is 12.1. The number of hydrogen-bond acceptors (Lipinski definition) is 4. The highest BCUT2D eigenvalue weighted by atomic mass is 16.5. The van der Waals surface area contributed by atoms with Crippen molar-refractivity contribution in [3.8, 4) is 5.75 Å². The van der Waals surface area contributed by atoms with Crippen LogP contribution in [0.3, 0.4) is 0 Å². The van der Waals surface area contributed by atoms with Crippen LogP contribution in [0, 0.1) is 0 Å². The molecular formula is C17H17NO4. The number of carbonyl (C=O) groups is 1. The van der Waals surface area contributed by atoms with Crippen LogP contribution in [-0.4, -0.2) is 28.1 Å². The Hall–Kier alpha value is -2.82. The number of oxime groups is 1. The van der Waals surface area contributed by atoms with Crippen LogP contribution in [0.5, 0.6) is 5.75 Å². The van der Waals surface area contributed by atoms with Crippen molar-refractivity contribution in [3.63, 3.8) is 0 Å². The van der Waals surface area contributed by atoms with Gasteiger partial charge in [-0.15, -0.1) is 0 Å². The smallest absolute Gasteiger partial charge is 0.345 e. The first-order valence-electron chi connectivity index (χ1n) is 6.82. The molecule has 0 saturated heterocycles. The Bertz CT molecular complexity index is 650. The fourth-order valence-electron chi connectivity index (χ4n) is 2.00. The largest absolute Gasteiger partial charge is 0.478 e. The zero-order valence-electron chi connectivity index (χ0n) is 12.1. The van der Waals surface area contributed by atoms with E-state index in [2.05, 4.69) is 5.16 Å². The standard InChI is InChI=1S/C17H17NO4/c1-12(18-21)14-7-9-15(10-8-14)22-16(17(19)20)11-13-5-3-2-4-6-13/h2-10,16,21H,11H2,1H3,(H,19,20)/b18-12+. The quantitative estimate of drug-likeness (QED) is 0.488. The minimum Gasteiger partial charge on any atom is -0.478 e. The summed E-state index contributed by atoms with van der Waals surface area (Å²) in [6, 6.07) is 16.1. The van der Waals surface area contributed by atoms with Crippen molar-refractivity contribution < 1.29 is 19.8 Å². The van der Waals surface area contributed by atoms with E-state index >= 15 is 0 Å². The van der Waals surface area contributed by atoms with Crippen LogP contribution >= 0.6 is 0 Å². The van der Waals surface area contributed by atoms with Crippen LogP contribution in [0.1, 0.15) is 18.1 Å². The second kappa shape index (κ2) is 7.26. The molecule has 0 spiro atoms. The SMILES string of the molecule is C/C(=N\O)c1ccc(OC(Cc2ccccc2)C(=O)O)cc1. The summed E-state index contributed by atoms with van der Waals surface area (Å²) in [5.41, 5.74) is 2.12. The number of nitrogens with zero attached hydrogens (tertiary/aromatic N) is 1. The summed E-state index contributed by atoms with van der Waals surface area (Å²) in [7, 11) is 0. The van der Waals surface area contributed by atoms with E-state index in [9.17, 15) is 9.90 Å². The molecule has 114 valence electrons. The fourth-order valence-corrected chi connectivity index (χ4v) is 2.00. The molecule has 0 aliphatic heterocycles. The summed E-state index contributed by atoms with van der Waals surface area (Å²) < 4.78 is 5.55. The van der Waals surface area contributed by atoms with Gasteiger partial charge in [0.1, 0.15) is 5.75 Å². The average Bonchev–Trinajstić information content (AvgIpc) is 2.55. The Morgan fingerprint density at radius 1 is 1.14 bits per heavy atom. The summed E-state index contributed by atoms with van der Waals surface area (Å²) in [6.07, 6.45) is -0.671. The third kappa shape index (κ3) is 4.09. The number of carboxylic acids is 1. The number of aliphatic carboxylic acids is 1. The third-order valence-corrected chi connectivity index (χ3v) is 3.24. The minimum absolute atomic E-state index is 0.287. The van der Waals surface area contributed by atoms with E-state index in [0.29, 0.717) is 11.5 Å². The number of hydrogen-bond donors (Lipinski definition) is 2. The highest BCUT2D eigenvalue weighted by molar-refractivity contribution is 5.98. The Balaban J connectivity index is 2.09. The molecule has 22 heavy (non-hydrogen) atoms. The Kier molecular flexibility index (Phi) is 5.14. The predicted octanol–water partition coefficient (Wildman–Crippen LogP) is 2.96. The fraction of sp³-hybridized carbons (Fsp3) is 0.176. The molecule has 0 aliphatic rings. The van der Waals surface area contributed by atoms with Gasteiger partial charge in [-0.1, -0.05) is 35.5 Å². The van der Waals surface area contributed by atoms with Gasteiger partial charge in [0.05, 0.1) is 5.71 Å². The van der Waals surface area contributed by atoms with Gasteiger partial charge in [-0.3, -0.25) is 0 Å². The van der Waals surface area contributed by atoms with Gasteiger partial charge in [-0.25, -0.2) is 4.79 Å². The van der Waals surface area contributed by atoms with Crippen LogP contribution in [0.25, 0.3) is 0 Å². The summed E-state index contributed by atoms with van der Waals surface area (Å²) in [6.45, 7) is 1.67. The van der Waals surface area contributed by atoms with E-state index in [0.717, 1.165) is 11.1 Å². The maximum absolute atomic E-state index is 11.4. The number of benzene rings is 2. The van der Waals surface area contributed by atoms with Gasteiger partial charge in [0.2, 0.25) is 0 Å². The van der Waals surface area contributed by atoms with Crippen LogP contribution in [0.2, 0.25) is 0 Å². The van der Waals surface area contributed by atoms with Crippen molar-refractivity contribution >= 4 is 11.7 Å². The number of ether oxygens (including phenoxy) is 1. The van der Waals surface area contributed by atoms with Gasteiger partial charge in [-0.2, -0.15) is 0 Å². The summed E-state index contributed by atoms with van der Waals surface area (Å²) >= 11 is 0. The maximum atomic E-state index is 11.4. The van der Waals surface area contributed by atoms with Gasteiger partial charge < -0.3 is 15.1 Å². The molecular weight excluding hydrogens is 282 g/mol. The molecule has 0 amide bonds. The molecule has 2 aromatic rings. The first-order chi connectivity index (χ1) is 10.6. The zero-order chi connectivity index (χ0) is 15.9. The predicted molar refractivity (Wildman–Crippen MR) is 82.6 cm³/mol. The monoisotopic (exact) mass is 299 g/mol. The number of rotatable bonds is 6.